The van der Waals surface area contributed by atoms with Gasteiger partial charge in [-0.25, -0.2) is 9.98 Å². The smallest absolute Gasteiger partial charge is 0.251 e. The minimum Gasteiger partial charge on any atom is -0.398 e. The molecule has 9 rings (SSSR count). The van der Waals surface area contributed by atoms with Crippen LogP contribution in [0.5, 0.6) is 0 Å². The number of unbranched alkanes of at least 4 members (excludes halogenated alkanes) is 6. The molecule has 0 saturated heterocycles. The molecule has 6 aromatic rings. The SMILES string of the molecule is CC1=CC(=Nc2cc(C)c(N)cc2[NH2+]C2CC2)CC=C1NCCCCCCNC(=O)c1ccc(-c2ccc(C(=O)NCCCCCCNc3cc4c(cc3C)nc3cc(C)c(N)cc3[n+]4C3CC3)cc2)cc1. The van der Waals surface area contributed by atoms with Crippen LogP contribution in [0.2, 0.25) is 0 Å². The number of anilines is 3. The van der Waals surface area contributed by atoms with Gasteiger partial charge in [-0.15, -0.1) is 0 Å². The molecular formula is C60H74N10O2+2. The first-order valence-electron chi connectivity index (χ1n) is 26.5. The van der Waals surface area contributed by atoms with Crippen molar-refractivity contribution >= 4 is 68.0 Å². The molecule has 2 saturated carbocycles. The quantitative estimate of drug-likeness (QED) is 0.0144. The Balaban J connectivity index is 0.627. The van der Waals surface area contributed by atoms with E-state index in [1.165, 1.54) is 42.5 Å². The van der Waals surface area contributed by atoms with Gasteiger partial charge in [-0.2, -0.15) is 4.57 Å². The van der Waals surface area contributed by atoms with Gasteiger partial charge in [0.25, 0.3) is 11.8 Å². The Morgan fingerprint density at radius 3 is 1.76 bits per heavy atom. The highest BCUT2D eigenvalue weighted by molar-refractivity contribution is 6.00. The lowest BCUT2D eigenvalue weighted by Gasteiger charge is -2.17. The third-order valence-corrected chi connectivity index (χ3v) is 14.4. The van der Waals surface area contributed by atoms with Gasteiger partial charge in [-0.05, 0) is 135 Å². The van der Waals surface area contributed by atoms with Gasteiger partial charge in [0.1, 0.15) is 16.7 Å². The fourth-order valence-electron chi connectivity index (χ4n) is 9.68. The highest BCUT2D eigenvalue weighted by Crippen LogP contribution is 2.35. The molecule has 3 aliphatic carbocycles. The number of allylic oxidation sites excluding steroid dienone is 3. The molecule has 10 N–H and O–H groups in total. The second kappa shape index (κ2) is 23.0. The summed E-state index contributed by atoms with van der Waals surface area (Å²) >= 11 is 0. The lowest BCUT2D eigenvalue weighted by molar-refractivity contribution is -0.649. The Morgan fingerprint density at radius 2 is 1.18 bits per heavy atom. The maximum Gasteiger partial charge on any atom is 0.251 e. The molecule has 12 heteroatoms. The number of nitrogens with two attached hydrogens (primary N) is 3. The standard InChI is InChI=1S/C60H72N10O2/c1-38-32-53(54(35-49(38)61)67-46-21-22-46)68-47-23-26-51(40(3)31-47)63-27-9-5-7-11-29-65-59(71)44-17-13-42(14-18-44)43-15-19-45(20-16-43)60(72)66-30-12-8-6-10-28-64-52-37-58-56(34-41(52)4)69-55-33-39(2)50(62)36-57(55)70(58)48-24-25-48/h13-20,26,31-37,46,48,63,67H,5-12,21-25,27-30,61H2,1-4H3,(H4,62,64,65,66,71,72)/p+2. The Kier molecular flexibility index (Phi) is 15.9. The van der Waals surface area contributed by atoms with E-state index in [1.54, 1.807) is 0 Å². The zero-order valence-electron chi connectivity index (χ0n) is 42.8. The number of aliphatic imine (C=N–C) groups is 1. The molecule has 72 heavy (non-hydrogen) atoms. The number of hydrogen-bond acceptors (Lipinski definition) is 8. The Hall–Kier alpha value is -7.05. The van der Waals surface area contributed by atoms with Crippen molar-refractivity contribution in [3.8, 4) is 11.1 Å². The van der Waals surface area contributed by atoms with E-state index in [9.17, 15) is 9.59 Å². The number of nitrogen functional groups attached to an aromatic ring is 2. The van der Waals surface area contributed by atoms with Crippen LogP contribution in [-0.4, -0.2) is 54.7 Å². The second-order valence-electron chi connectivity index (χ2n) is 20.4. The highest BCUT2D eigenvalue weighted by atomic mass is 16.2. The number of benzene rings is 5. The average molecular weight is 967 g/mol. The molecule has 12 nitrogen and oxygen atoms in total. The third kappa shape index (κ3) is 12.7. The molecule has 1 aromatic heterocycles. The van der Waals surface area contributed by atoms with Crippen molar-refractivity contribution in [1.29, 1.82) is 0 Å². The predicted molar refractivity (Wildman–Crippen MR) is 295 cm³/mol. The van der Waals surface area contributed by atoms with Crippen LogP contribution in [0.25, 0.3) is 33.2 Å². The topological polar surface area (TPSA) is 180 Å². The van der Waals surface area contributed by atoms with Crippen molar-refractivity contribution in [2.45, 2.75) is 123 Å². The molecule has 0 radical (unpaired) electrons. The number of quaternary nitrogens is 1. The number of hydrogen-bond donors (Lipinski definition) is 7. The number of aromatic nitrogens is 2. The lowest BCUT2D eigenvalue weighted by Crippen LogP contribution is -2.79. The minimum absolute atomic E-state index is 0.0589. The first kappa shape index (κ1) is 49.9. The number of amides is 2. The summed E-state index contributed by atoms with van der Waals surface area (Å²) < 4.78 is 2.44. The van der Waals surface area contributed by atoms with Gasteiger partial charge in [0.15, 0.2) is 11.7 Å². The molecular weight excluding hydrogens is 893 g/mol. The lowest BCUT2D eigenvalue weighted by atomic mass is 10.0. The van der Waals surface area contributed by atoms with Crippen LogP contribution in [0.15, 0.2) is 113 Å². The molecule has 5 aromatic carbocycles. The van der Waals surface area contributed by atoms with E-state index in [2.05, 4.69) is 93.5 Å². The number of rotatable bonds is 23. The molecule has 0 bridgehead atoms. The predicted octanol–water partition coefficient (Wildman–Crippen LogP) is 10.4. The summed E-state index contributed by atoms with van der Waals surface area (Å²) in [6.45, 7) is 11.5. The summed E-state index contributed by atoms with van der Waals surface area (Å²) in [4.78, 5) is 35.9. The van der Waals surface area contributed by atoms with Crippen molar-refractivity contribution in [2.75, 3.05) is 43.0 Å². The van der Waals surface area contributed by atoms with Crippen molar-refractivity contribution in [1.82, 2.24) is 20.9 Å². The number of carbonyl (C=O) groups is 2. The van der Waals surface area contributed by atoms with Crippen LogP contribution in [0.4, 0.5) is 28.4 Å². The number of aryl methyl sites for hydroxylation is 3. The fraction of sp³-hybridized carbons (Fsp3) is 0.383. The molecule has 3 aliphatic rings. The van der Waals surface area contributed by atoms with E-state index in [4.69, 9.17) is 21.4 Å². The molecule has 0 spiro atoms. The van der Waals surface area contributed by atoms with Crippen LogP contribution < -0.4 is 42.6 Å². The Bertz CT molecular complexity index is 3040. The molecule has 0 atom stereocenters. The first-order chi connectivity index (χ1) is 35.0. The monoisotopic (exact) mass is 967 g/mol. The zero-order valence-corrected chi connectivity index (χ0v) is 42.8. The normalized spacial score (nSPS) is 15.1. The number of carbonyl (C=O) groups excluding carboxylic acids is 2. The van der Waals surface area contributed by atoms with E-state index in [-0.39, 0.29) is 11.8 Å². The minimum atomic E-state index is -0.0608. The van der Waals surface area contributed by atoms with E-state index in [0.29, 0.717) is 36.3 Å². The third-order valence-electron chi connectivity index (χ3n) is 14.4. The fourth-order valence-corrected chi connectivity index (χ4v) is 9.68. The van der Waals surface area contributed by atoms with Crippen LogP contribution >= 0.6 is 0 Å². The van der Waals surface area contributed by atoms with Crippen molar-refractivity contribution in [2.24, 2.45) is 4.99 Å². The Labute approximate surface area is 425 Å². The molecule has 2 fully saturated rings. The summed E-state index contributed by atoms with van der Waals surface area (Å²) in [7, 11) is 0. The summed E-state index contributed by atoms with van der Waals surface area (Å²) in [5.41, 5.74) is 31.9. The van der Waals surface area contributed by atoms with Crippen LogP contribution in [0.1, 0.15) is 134 Å². The first-order valence-corrected chi connectivity index (χ1v) is 26.5. The van der Waals surface area contributed by atoms with Crippen molar-refractivity contribution in [3.63, 3.8) is 0 Å². The van der Waals surface area contributed by atoms with E-state index >= 15 is 0 Å². The average Bonchev–Trinajstić information content (AvgIpc) is 4.33. The highest BCUT2D eigenvalue weighted by Gasteiger charge is 2.36. The summed E-state index contributed by atoms with van der Waals surface area (Å²) in [6, 6.07) is 29.3. The van der Waals surface area contributed by atoms with Gasteiger partial charge >= 0.3 is 0 Å². The maximum absolute atomic E-state index is 13.0. The number of nitrogens with zero attached hydrogens (tertiary/aromatic N) is 3. The van der Waals surface area contributed by atoms with Gasteiger partial charge < -0.3 is 38.1 Å². The van der Waals surface area contributed by atoms with E-state index < -0.39 is 0 Å². The number of nitrogens with one attached hydrogen (secondary N) is 4. The van der Waals surface area contributed by atoms with Gasteiger partial charge in [-0.3, -0.25) is 9.59 Å². The molecule has 0 unspecified atom stereocenters. The summed E-state index contributed by atoms with van der Waals surface area (Å²) in [5.74, 6) is -0.120. The second-order valence-corrected chi connectivity index (χ2v) is 20.4. The molecule has 1 heterocycles. The van der Waals surface area contributed by atoms with Gasteiger partial charge in [0, 0.05) is 116 Å². The van der Waals surface area contributed by atoms with Crippen LogP contribution in [0, 0.1) is 20.8 Å². The summed E-state index contributed by atoms with van der Waals surface area (Å²) in [6.07, 6.45) is 18.4. The van der Waals surface area contributed by atoms with Crippen molar-refractivity contribution < 1.29 is 19.5 Å². The van der Waals surface area contributed by atoms with Crippen LogP contribution in [-0.2, 0) is 0 Å². The van der Waals surface area contributed by atoms with Crippen LogP contribution in [0.3, 0.4) is 0 Å². The van der Waals surface area contributed by atoms with Gasteiger partial charge in [0.2, 0.25) is 11.0 Å². The molecule has 2 amide bonds. The zero-order chi connectivity index (χ0) is 50.1. The number of fused-ring (bicyclic) bond motifs is 2. The van der Waals surface area contributed by atoms with Gasteiger partial charge in [0.05, 0.1) is 6.04 Å². The van der Waals surface area contributed by atoms with Gasteiger partial charge in [-0.1, -0.05) is 56.0 Å². The molecule has 374 valence electrons. The maximum atomic E-state index is 13.0. The summed E-state index contributed by atoms with van der Waals surface area (Å²) in [5, 5.41) is 15.8. The Morgan fingerprint density at radius 1 is 0.639 bits per heavy atom. The van der Waals surface area contributed by atoms with E-state index in [1.807, 2.05) is 62.4 Å². The van der Waals surface area contributed by atoms with Crippen molar-refractivity contribution in [3.05, 3.63) is 136 Å². The molecule has 0 aliphatic heterocycles. The van der Waals surface area contributed by atoms with E-state index in [0.717, 1.165) is 149 Å². The largest absolute Gasteiger partial charge is 0.398 e.